The van der Waals surface area contributed by atoms with Gasteiger partial charge in [-0.25, -0.2) is 18.2 Å². The van der Waals surface area contributed by atoms with Crippen molar-refractivity contribution in [1.82, 2.24) is 4.90 Å². The molecule has 3 rings (SSSR count). The van der Waals surface area contributed by atoms with Crippen LogP contribution in [0.4, 0.5) is 17.6 Å². The second kappa shape index (κ2) is 6.33. The first-order valence-electron chi connectivity index (χ1n) is 8.01. The van der Waals surface area contributed by atoms with Gasteiger partial charge in [-0.15, -0.1) is 11.3 Å². The largest absolute Gasteiger partial charge is 0.369 e. The molecule has 2 atom stereocenters. The molecule has 1 unspecified atom stereocenters. The predicted octanol–water partition coefficient (Wildman–Crippen LogP) is 3.92. The van der Waals surface area contributed by atoms with Crippen LogP contribution in [0.3, 0.4) is 0 Å². The molecule has 1 amide bonds. The van der Waals surface area contributed by atoms with E-state index in [1.165, 1.54) is 31.3 Å². The second-order valence-electron chi connectivity index (χ2n) is 6.69. The van der Waals surface area contributed by atoms with Crippen molar-refractivity contribution in [1.29, 1.82) is 0 Å². The molecule has 144 valence electrons. The first kappa shape index (κ1) is 19.3. The third-order valence-electron chi connectivity index (χ3n) is 4.73. The molecule has 0 fully saturated rings. The number of guanidine groups is 1. The highest BCUT2D eigenvalue weighted by atomic mass is 32.1. The van der Waals surface area contributed by atoms with Crippen molar-refractivity contribution < 1.29 is 22.4 Å². The number of hydrogen-bond donors (Lipinski definition) is 1. The Balaban J connectivity index is 2.16. The van der Waals surface area contributed by atoms with Gasteiger partial charge in [0.15, 0.2) is 11.8 Å². The summed E-state index contributed by atoms with van der Waals surface area (Å²) in [6.45, 7) is 2.32. The van der Waals surface area contributed by atoms with Crippen LogP contribution in [0.2, 0.25) is 0 Å². The van der Waals surface area contributed by atoms with E-state index in [1.807, 2.05) is 0 Å². The smallest absolute Gasteiger partial charge is 0.270 e. The predicted molar refractivity (Wildman–Crippen MR) is 94.7 cm³/mol. The molecule has 9 heteroatoms. The fourth-order valence-corrected chi connectivity index (χ4v) is 4.04. The molecule has 1 aromatic carbocycles. The standard InChI is InChI=1S/C18H17F4N3OS/c1-17(12-8-11(19)14(20)27-12)13(15(26)25(3)16(23)24-17)9-4-6-10(7-5-9)18(2,21)22/h4-8,13H,1-3H3,(H2,23,24)/t13?,17-/m1/s1. The highest BCUT2D eigenvalue weighted by molar-refractivity contribution is 7.10. The fourth-order valence-electron chi connectivity index (χ4n) is 3.15. The Morgan fingerprint density at radius 3 is 2.33 bits per heavy atom. The van der Waals surface area contributed by atoms with E-state index in [-0.39, 0.29) is 16.4 Å². The van der Waals surface area contributed by atoms with Gasteiger partial charge in [-0.1, -0.05) is 24.3 Å². The van der Waals surface area contributed by atoms with E-state index in [1.54, 1.807) is 6.92 Å². The zero-order valence-electron chi connectivity index (χ0n) is 14.8. The first-order valence-corrected chi connectivity index (χ1v) is 8.83. The lowest BCUT2D eigenvalue weighted by molar-refractivity contribution is -0.130. The summed E-state index contributed by atoms with van der Waals surface area (Å²) in [7, 11) is 1.43. The molecule has 2 aromatic rings. The Labute approximate surface area is 157 Å². The number of thiophene rings is 1. The summed E-state index contributed by atoms with van der Waals surface area (Å²) in [5.41, 5.74) is 4.63. The summed E-state index contributed by atoms with van der Waals surface area (Å²) in [4.78, 5) is 18.6. The van der Waals surface area contributed by atoms with Crippen LogP contribution in [-0.4, -0.2) is 23.8 Å². The summed E-state index contributed by atoms with van der Waals surface area (Å²) in [6.07, 6.45) is 0. The number of carbonyl (C=O) groups excluding carboxylic acids is 1. The van der Waals surface area contributed by atoms with Gasteiger partial charge in [0, 0.05) is 24.4 Å². The van der Waals surface area contributed by atoms with Gasteiger partial charge in [0.1, 0.15) is 5.54 Å². The molecular weight excluding hydrogens is 382 g/mol. The highest BCUT2D eigenvalue weighted by Gasteiger charge is 2.48. The minimum Gasteiger partial charge on any atom is -0.369 e. The number of nitrogens with two attached hydrogens (primary N) is 1. The Bertz CT molecular complexity index is 900. The van der Waals surface area contributed by atoms with Crippen LogP contribution in [0.5, 0.6) is 0 Å². The van der Waals surface area contributed by atoms with Crippen molar-refractivity contribution in [2.45, 2.75) is 31.2 Å². The number of halogens is 4. The zero-order valence-corrected chi connectivity index (χ0v) is 15.6. The maximum atomic E-state index is 13.6. The van der Waals surface area contributed by atoms with Gasteiger partial charge >= 0.3 is 0 Å². The minimum atomic E-state index is -3.03. The number of carbonyl (C=O) groups is 1. The molecule has 0 aliphatic carbocycles. The normalized spacial score (nSPS) is 23.5. The molecule has 4 nitrogen and oxygen atoms in total. The van der Waals surface area contributed by atoms with Crippen LogP contribution in [0.1, 0.15) is 35.8 Å². The van der Waals surface area contributed by atoms with E-state index in [2.05, 4.69) is 4.99 Å². The number of likely N-dealkylation sites (N-methyl/N-ethyl adjacent to an activating group) is 1. The van der Waals surface area contributed by atoms with Crippen LogP contribution < -0.4 is 5.73 Å². The molecule has 27 heavy (non-hydrogen) atoms. The number of aliphatic imine (C=N–C) groups is 1. The lowest BCUT2D eigenvalue weighted by atomic mass is 9.77. The van der Waals surface area contributed by atoms with Gasteiger partial charge < -0.3 is 5.73 Å². The number of benzene rings is 1. The van der Waals surface area contributed by atoms with Gasteiger partial charge in [-0.05, 0) is 18.6 Å². The number of alkyl halides is 2. The summed E-state index contributed by atoms with van der Waals surface area (Å²) >= 11 is 0.536. The molecule has 0 bridgehead atoms. The molecule has 2 N–H and O–H groups in total. The van der Waals surface area contributed by atoms with Crippen LogP contribution >= 0.6 is 11.3 Å². The lowest BCUT2D eigenvalue weighted by Crippen LogP contribution is -2.52. The average Bonchev–Trinajstić information content (AvgIpc) is 2.92. The highest BCUT2D eigenvalue weighted by Crippen LogP contribution is 2.46. The number of amides is 1. The van der Waals surface area contributed by atoms with Crippen molar-refractivity contribution in [3.05, 3.63) is 57.3 Å². The maximum Gasteiger partial charge on any atom is 0.270 e. The molecule has 0 radical (unpaired) electrons. The van der Waals surface area contributed by atoms with Gasteiger partial charge in [0.2, 0.25) is 11.0 Å². The summed E-state index contributed by atoms with van der Waals surface area (Å²) in [6, 6.07) is 6.23. The fraction of sp³-hybridized carbons (Fsp3) is 0.333. The maximum absolute atomic E-state index is 13.6. The average molecular weight is 399 g/mol. The second-order valence-corrected chi connectivity index (χ2v) is 7.69. The topological polar surface area (TPSA) is 58.7 Å². The van der Waals surface area contributed by atoms with Gasteiger partial charge in [0.25, 0.3) is 5.92 Å². The van der Waals surface area contributed by atoms with Crippen molar-refractivity contribution in [2.75, 3.05) is 7.05 Å². The van der Waals surface area contributed by atoms with Crippen LogP contribution in [-0.2, 0) is 16.3 Å². The molecule has 0 saturated heterocycles. The Morgan fingerprint density at radius 2 is 1.85 bits per heavy atom. The summed E-state index contributed by atoms with van der Waals surface area (Å²) in [5.74, 6) is -5.60. The molecule has 1 aliphatic heterocycles. The SMILES string of the molecule is CN1C(=O)C(c2ccc(C(C)(F)F)cc2)[C@@](C)(c2cc(F)c(F)s2)N=C1N. The van der Waals surface area contributed by atoms with Crippen molar-refractivity contribution in [3.63, 3.8) is 0 Å². The Morgan fingerprint density at radius 1 is 1.26 bits per heavy atom. The summed E-state index contributed by atoms with van der Waals surface area (Å²) < 4.78 is 54.2. The molecule has 0 spiro atoms. The van der Waals surface area contributed by atoms with E-state index in [0.717, 1.165) is 17.9 Å². The van der Waals surface area contributed by atoms with E-state index < -0.39 is 34.2 Å². The van der Waals surface area contributed by atoms with Crippen molar-refractivity contribution in [3.8, 4) is 0 Å². The van der Waals surface area contributed by atoms with Crippen LogP contribution in [0, 0.1) is 10.9 Å². The third kappa shape index (κ3) is 3.20. The lowest BCUT2D eigenvalue weighted by Gasteiger charge is -2.40. The number of hydrogen-bond acceptors (Lipinski definition) is 4. The van der Waals surface area contributed by atoms with Crippen molar-refractivity contribution >= 4 is 23.2 Å². The van der Waals surface area contributed by atoms with Crippen LogP contribution in [0.15, 0.2) is 35.3 Å². The van der Waals surface area contributed by atoms with E-state index >= 15 is 0 Å². The number of rotatable bonds is 3. The monoisotopic (exact) mass is 399 g/mol. The van der Waals surface area contributed by atoms with E-state index in [0.29, 0.717) is 16.9 Å². The van der Waals surface area contributed by atoms with Gasteiger partial charge in [-0.2, -0.15) is 4.39 Å². The first-order chi connectivity index (χ1) is 12.4. The Kier molecular flexibility index (Phi) is 4.54. The summed E-state index contributed by atoms with van der Waals surface area (Å²) in [5, 5.41) is -1.02. The molecule has 1 aromatic heterocycles. The van der Waals surface area contributed by atoms with Gasteiger partial charge in [-0.3, -0.25) is 9.69 Å². The number of nitrogens with zero attached hydrogens (tertiary/aromatic N) is 2. The van der Waals surface area contributed by atoms with Gasteiger partial charge in [0.05, 0.1) is 5.92 Å². The van der Waals surface area contributed by atoms with E-state index in [9.17, 15) is 22.4 Å². The third-order valence-corrected chi connectivity index (χ3v) is 5.85. The molecular formula is C18H17F4N3OS. The Hall–Kier alpha value is -2.42. The van der Waals surface area contributed by atoms with Crippen LogP contribution in [0.25, 0.3) is 0 Å². The molecule has 2 heterocycles. The van der Waals surface area contributed by atoms with E-state index in [4.69, 9.17) is 5.73 Å². The van der Waals surface area contributed by atoms with Crippen molar-refractivity contribution in [2.24, 2.45) is 10.7 Å². The minimum absolute atomic E-state index is 0.0929. The molecule has 1 aliphatic rings. The molecule has 0 saturated carbocycles. The quantitative estimate of drug-likeness (QED) is 0.796. The zero-order chi connectivity index (χ0) is 20.1.